The van der Waals surface area contributed by atoms with Gasteiger partial charge < -0.3 is 29.7 Å². The molecule has 0 aliphatic carbocycles. The highest BCUT2D eigenvalue weighted by molar-refractivity contribution is 14.0. The SMILES string of the molecule is CCNC(=NCCOc1ccc2c(c1)OCO2)NC1CCN(c2ncccc2Cl)C1.I. The first-order chi connectivity index (χ1) is 14.7. The zero-order valence-electron chi connectivity index (χ0n) is 17.3. The van der Waals surface area contributed by atoms with E-state index in [2.05, 4.69) is 32.4 Å². The van der Waals surface area contributed by atoms with Gasteiger partial charge in [-0.05, 0) is 37.6 Å². The Hall–Kier alpha value is -2.14. The summed E-state index contributed by atoms with van der Waals surface area (Å²) in [5, 5.41) is 7.48. The van der Waals surface area contributed by atoms with Crippen LogP contribution < -0.4 is 29.7 Å². The molecule has 0 radical (unpaired) electrons. The molecule has 0 saturated carbocycles. The molecule has 168 valence electrons. The first-order valence-electron chi connectivity index (χ1n) is 10.2. The third-order valence-electron chi connectivity index (χ3n) is 4.89. The molecule has 1 atom stereocenters. The van der Waals surface area contributed by atoms with Crippen LogP contribution in [-0.4, -0.2) is 56.6 Å². The van der Waals surface area contributed by atoms with Gasteiger partial charge in [0.15, 0.2) is 17.5 Å². The lowest BCUT2D eigenvalue weighted by atomic mass is 10.3. The van der Waals surface area contributed by atoms with Crippen LogP contribution in [0.2, 0.25) is 5.02 Å². The number of halogens is 2. The highest BCUT2D eigenvalue weighted by Crippen LogP contribution is 2.35. The summed E-state index contributed by atoms with van der Waals surface area (Å²) >= 11 is 6.28. The van der Waals surface area contributed by atoms with E-state index in [0.717, 1.165) is 49.3 Å². The number of nitrogens with zero attached hydrogens (tertiary/aromatic N) is 3. The van der Waals surface area contributed by atoms with Crippen molar-refractivity contribution in [1.82, 2.24) is 15.6 Å². The molecular formula is C21H27ClIN5O3. The molecule has 2 N–H and O–H groups in total. The van der Waals surface area contributed by atoms with Gasteiger partial charge in [0, 0.05) is 37.9 Å². The monoisotopic (exact) mass is 559 g/mol. The summed E-state index contributed by atoms with van der Waals surface area (Å²) in [6.45, 7) is 5.83. The van der Waals surface area contributed by atoms with Gasteiger partial charge in [0.25, 0.3) is 0 Å². The molecule has 1 unspecified atom stereocenters. The zero-order chi connectivity index (χ0) is 20.8. The van der Waals surface area contributed by atoms with E-state index in [1.165, 1.54) is 0 Å². The number of hydrogen-bond acceptors (Lipinski definition) is 6. The summed E-state index contributed by atoms with van der Waals surface area (Å²) in [4.78, 5) is 11.2. The first-order valence-corrected chi connectivity index (χ1v) is 10.5. The lowest BCUT2D eigenvalue weighted by Crippen LogP contribution is -2.44. The number of fused-ring (bicyclic) bond motifs is 1. The maximum absolute atomic E-state index is 6.28. The van der Waals surface area contributed by atoms with Gasteiger partial charge in [0.1, 0.15) is 18.2 Å². The van der Waals surface area contributed by atoms with Crippen LogP contribution in [0.15, 0.2) is 41.5 Å². The fourth-order valence-electron chi connectivity index (χ4n) is 3.48. The molecule has 2 aliphatic rings. The average molecular weight is 560 g/mol. The number of guanidine groups is 1. The van der Waals surface area contributed by atoms with Gasteiger partial charge in [0.05, 0.1) is 11.6 Å². The summed E-state index contributed by atoms with van der Waals surface area (Å²) in [5.74, 6) is 3.82. The molecule has 1 fully saturated rings. The molecule has 0 bridgehead atoms. The van der Waals surface area contributed by atoms with E-state index in [-0.39, 0.29) is 36.8 Å². The molecule has 2 aromatic rings. The number of rotatable bonds is 7. The standard InChI is InChI=1S/C21H26ClN5O3.HI/c1-2-23-21(25-9-11-28-16-5-6-18-19(12-16)30-14-29-18)26-15-7-10-27(13-15)20-17(22)4-3-8-24-20;/h3-6,8,12,15H,2,7,9-11,13-14H2,1H3,(H2,23,25,26);1H. The number of nitrogens with one attached hydrogen (secondary N) is 2. The van der Waals surface area contributed by atoms with E-state index in [0.29, 0.717) is 23.9 Å². The van der Waals surface area contributed by atoms with Gasteiger partial charge in [-0.1, -0.05) is 11.6 Å². The molecule has 2 aliphatic heterocycles. The lowest BCUT2D eigenvalue weighted by molar-refractivity contribution is 0.173. The van der Waals surface area contributed by atoms with Gasteiger partial charge >= 0.3 is 0 Å². The summed E-state index contributed by atoms with van der Waals surface area (Å²) in [5.41, 5.74) is 0. The van der Waals surface area contributed by atoms with E-state index in [1.807, 2.05) is 30.3 Å². The summed E-state index contributed by atoms with van der Waals surface area (Å²) in [6.07, 6.45) is 2.76. The van der Waals surface area contributed by atoms with Crippen molar-refractivity contribution in [2.24, 2.45) is 4.99 Å². The van der Waals surface area contributed by atoms with Crippen molar-refractivity contribution in [2.75, 3.05) is 44.5 Å². The van der Waals surface area contributed by atoms with Crippen molar-refractivity contribution >= 4 is 47.4 Å². The Bertz CT molecular complexity index is 901. The fraction of sp³-hybridized carbons (Fsp3) is 0.429. The van der Waals surface area contributed by atoms with E-state index >= 15 is 0 Å². The molecule has 1 aromatic carbocycles. The van der Waals surface area contributed by atoms with E-state index < -0.39 is 0 Å². The van der Waals surface area contributed by atoms with Crippen LogP contribution in [0, 0.1) is 0 Å². The second kappa shape index (κ2) is 11.5. The largest absolute Gasteiger partial charge is 0.492 e. The highest BCUT2D eigenvalue weighted by Gasteiger charge is 2.25. The number of hydrogen-bond donors (Lipinski definition) is 2. The summed E-state index contributed by atoms with van der Waals surface area (Å²) in [7, 11) is 0. The second-order valence-electron chi connectivity index (χ2n) is 7.01. The van der Waals surface area contributed by atoms with Crippen molar-refractivity contribution in [2.45, 2.75) is 19.4 Å². The minimum absolute atomic E-state index is 0. The molecule has 3 heterocycles. The van der Waals surface area contributed by atoms with Crippen molar-refractivity contribution < 1.29 is 14.2 Å². The maximum atomic E-state index is 6.28. The van der Waals surface area contributed by atoms with Crippen molar-refractivity contribution in [1.29, 1.82) is 0 Å². The summed E-state index contributed by atoms with van der Waals surface area (Å²) in [6, 6.07) is 9.56. The third-order valence-corrected chi connectivity index (χ3v) is 5.18. The van der Waals surface area contributed by atoms with Gasteiger partial charge in [-0.2, -0.15) is 0 Å². The van der Waals surface area contributed by atoms with Crippen LogP contribution in [-0.2, 0) is 0 Å². The maximum Gasteiger partial charge on any atom is 0.231 e. The van der Waals surface area contributed by atoms with Crippen molar-refractivity contribution in [3.8, 4) is 17.2 Å². The van der Waals surface area contributed by atoms with Crippen LogP contribution in [0.1, 0.15) is 13.3 Å². The summed E-state index contributed by atoms with van der Waals surface area (Å²) < 4.78 is 16.5. The zero-order valence-corrected chi connectivity index (χ0v) is 20.4. The van der Waals surface area contributed by atoms with Crippen LogP contribution in [0.25, 0.3) is 0 Å². The molecule has 10 heteroatoms. The predicted octanol–water partition coefficient (Wildman–Crippen LogP) is 3.29. The van der Waals surface area contributed by atoms with Gasteiger partial charge in [0.2, 0.25) is 6.79 Å². The number of ether oxygens (including phenoxy) is 3. The predicted molar refractivity (Wildman–Crippen MR) is 132 cm³/mol. The van der Waals surface area contributed by atoms with Crippen molar-refractivity contribution in [3.63, 3.8) is 0 Å². The average Bonchev–Trinajstić information content (AvgIpc) is 3.40. The third kappa shape index (κ3) is 6.19. The number of benzene rings is 1. The normalized spacial score (nSPS) is 17.3. The Morgan fingerprint density at radius 3 is 3.03 bits per heavy atom. The Balaban J connectivity index is 0.00000272. The van der Waals surface area contributed by atoms with Crippen LogP contribution in [0.5, 0.6) is 17.2 Å². The minimum Gasteiger partial charge on any atom is -0.492 e. The number of aliphatic imine (C=N–C) groups is 1. The molecule has 8 nitrogen and oxygen atoms in total. The first kappa shape index (κ1) is 23.5. The number of aromatic nitrogens is 1. The Morgan fingerprint density at radius 1 is 1.32 bits per heavy atom. The Morgan fingerprint density at radius 2 is 2.19 bits per heavy atom. The Kier molecular flexibility index (Phi) is 8.70. The molecular weight excluding hydrogens is 533 g/mol. The van der Waals surface area contributed by atoms with Gasteiger partial charge in [-0.25, -0.2) is 9.98 Å². The molecule has 4 rings (SSSR count). The topological polar surface area (TPSA) is 80.2 Å². The molecule has 0 amide bonds. The van der Waals surface area contributed by atoms with E-state index in [4.69, 9.17) is 25.8 Å². The Labute approximate surface area is 204 Å². The molecule has 1 saturated heterocycles. The minimum atomic E-state index is 0. The van der Waals surface area contributed by atoms with Crippen LogP contribution in [0.4, 0.5) is 5.82 Å². The van der Waals surface area contributed by atoms with Gasteiger partial charge in [-0.3, -0.25) is 0 Å². The smallest absolute Gasteiger partial charge is 0.231 e. The molecule has 0 spiro atoms. The van der Waals surface area contributed by atoms with Crippen LogP contribution >= 0.6 is 35.6 Å². The molecule has 31 heavy (non-hydrogen) atoms. The highest BCUT2D eigenvalue weighted by atomic mass is 127. The molecule has 1 aromatic heterocycles. The number of pyridine rings is 1. The van der Waals surface area contributed by atoms with E-state index in [1.54, 1.807) is 6.20 Å². The second-order valence-corrected chi connectivity index (χ2v) is 7.42. The van der Waals surface area contributed by atoms with Gasteiger partial charge in [-0.15, -0.1) is 24.0 Å². The lowest BCUT2D eigenvalue weighted by Gasteiger charge is -2.20. The van der Waals surface area contributed by atoms with E-state index in [9.17, 15) is 0 Å². The fourth-order valence-corrected chi connectivity index (χ4v) is 3.72. The number of anilines is 1. The quantitative estimate of drug-likeness (QED) is 0.233. The van der Waals surface area contributed by atoms with Crippen LogP contribution in [0.3, 0.4) is 0 Å². The van der Waals surface area contributed by atoms with Crippen molar-refractivity contribution in [3.05, 3.63) is 41.6 Å².